The zero-order valence-corrected chi connectivity index (χ0v) is 20.5. The Kier molecular flexibility index (Phi) is 10.9. The smallest absolute Gasteiger partial charge is 0.407 e. The maximum atomic E-state index is 12.6. The molecule has 0 aliphatic rings. The first kappa shape index (κ1) is 28.8. The lowest BCUT2D eigenvalue weighted by atomic mass is 9.97. The fraction of sp³-hybridized carbons (Fsp3) is 0.609. The van der Waals surface area contributed by atoms with Crippen LogP contribution in [0.15, 0.2) is 24.3 Å². The van der Waals surface area contributed by atoms with Gasteiger partial charge in [-0.25, -0.2) is 9.59 Å². The third-order valence-corrected chi connectivity index (χ3v) is 5.15. The number of aliphatic hydroxyl groups is 1. The Labute approximate surface area is 199 Å². The van der Waals surface area contributed by atoms with Gasteiger partial charge in [0, 0.05) is 12.1 Å². The lowest BCUT2D eigenvalue weighted by Gasteiger charge is -2.27. The van der Waals surface area contributed by atoms with E-state index in [-0.39, 0.29) is 18.0 Å². The Morgan fingerprint density at radius 2 is 1.74 bits per heavy atom. The predicted octanol–water partition coefficient (Wildman–Crippen LogP) is 2.49. The highest BCUT2D eigenvalue weighted by Gasteiger charge is 2.30. The number of carbonyl (C=O) groups excluding carboxylic acids is 3. The monoisotopic (exact) mass is 481 g/mol. The predicted molar refractivity (Wildman–Crippen MR) is 124 cm³/mol. The molecule has 0 aliphatic heterocycles. The molecule has 0 aromatic heterocycles. The van der Waals surface area contributed by atoms with E-state index in [0.717, 1.165) is 0 Å². The molecule has 1 unspecified atom stereocenters. The van der Waals surface area contributed by atoms with Crippen molar-refractivity contribution in [2.24, 2.45) is 5.92 Å². The fourth-order valence-corrected chi connectivity index (χ4v) is 3.11. The summed E-state index contributed by atoms with van der Waals surface area (Å²) in [5.41, 5.74) is -0.286. The highest BCUT2D eigenvalue weighted by molar-refractivity contribution is 5.85. The lowest BCUT2D eigenvalue weighted by molar-refractivity contribution is -0.384. The summed E-state index contributed by atoms with van der Waals surface area (Å²) in [4.78, 5) is 47.3. The molecule has 0 spiro atoms. The number of nitro groups is 1. The summed E-state index contributed by atoms with van der Waals surface area (Å²) in [5.74, 6) is -1.38. The van der Waals surface area contributed by atoms with Gasteiger partial charge in [0.25, 0.3) is 5.69 Å². The SMILES string of the molecule is CC[C@@H](C)[C@H](NC(=O)CC(O)[C@H](Cc1ccc([N+](=O)[O-])cc1)NC(=O)OC(C)(C)C)C(=O)OC. The Balaban J connectivity index is 3.00. The molecule has 190 valence electrons. The molecule has 0 bridgehead atoms. The number of nitrogens with zero attached hydrogens (tertiary/aromatic N) is 1. The Hall–Kier alpha value is -3.21. The van der Waals surface area contributed by atoms with Gasteiger partial charge >= 0.3 is 12.1 Å². The van der Waals surface area contributed by atoms with Gasteiger partial charge in [0.1, 0.15) is 11.6 Å². The van der Waals surface area contributed by atoms with E-state index >= 15 is 0 Å². The first-order valence-electron chi connectivity index (χ1n) is 11.1. The number of aliphatic hydroxyl groups excluding tert-OH is 1. The zero-order valence-electron chi connectivity index (χ0n) is 20.5. The van der Waals surface area contributed by atoms with Crippen molar-refractivity contribution in [2.45, 2.75) is 77.7 Å². The number of esters is 1. The summed E-state index contributed by atoms with van der Waals surface area (Å²) >= 11 is 0. The Bertz CT molecular complexity index is 851. The molecule has 1 rings (SSSR count). The number of hydrogen-bond acceptors (Lipinski definition) is 8. The van der Waals surface area contributed by atoms with Crippen molar-refractivity contribution in [3.63, 3.8) is 0 Å². The lowest BCUT2D eigenvalue weighted by Crippen LogP contribution is -2.50. The molecule has 4 atom stereocenters. The first-order valence-corrected chi connectivity index (χ1v) is 11.1. The largest absolute Gasteiger partial charge is 0.467 e. The molecule has 0 saturated heterocycles. The van der Waals surface area contributed by atoms with Crippen molar-refractivity contribution in [1.82, 2.24) is 10.6 Å². The topological polar surface area (TPSA) is 157 Å². The maximum absolute atomic E-state index is 12.6. The second-order valence-corrected chi connectivity index (χ2v) is 9.11. The first-order chi connectivity index (χ1) is 15.8. The van der Waals surface area contributed by atoms with Crippen LogP contribution in [-0.4, -0.2) is 58.9 Å². The number of hydrogen-bond donors (Lipinski definition) is 3. The van der Waals surface area contributed by atoms with E-state index in [2.05, 4.69) is 10.6 Å². The van der Waals surface area contributed by atoms with Crippen molar-refractivity contribution >= 4 is 23.7 Å². The van der Waals surface area contributed by atoms with Gasteiger partial charge in [-0.05, 0) is 38.7 Å². The van der Waals surface area contributed by atoms with Gasteiger partial charge in [0.15, 0.2) is 0 Å². The summed E-state index contributed by atoms with van der Waals surface area (Å²) in [6.07, 6.45) is -1.83. The van der Waals surface area contributed by atoms with Crippen LogP contribution in [-0.2, 0) is 25.5 Å². The molecule has 0 radical (unpaired) electrons. The van der Waals surface area contributed by atoms with Crippen LogP contribution in [0.25, 0.3) is 0 Å². The Morgan fingerprint density at radius 3 is 2.21 bits per heavy atom. The van der Waals surface area contributed by atoms with Crippen molar-refractivity contribution < 1.29 is 33.9 Å². The van der Waals surface area contributed by atoms with E-state index in [9.17, 15) is 29.6 Å². The van der Waals surface area contributed by atoms with Crippen LogP contribution in [0, 0.1) is 16.0 Å². The molecule has 1 aromatic carbocycles. The van der Waals surface area contributed by atoms with Crippen molar-refractivity contribution in [3.8, 4) is 0 Å². The second kappa shape index (κ2) is 12.9. The molecule has 0 aliphatic carbocycles. The van der Waals surface area contributed by atoms with Crippen LogP contribution in [0.4, 0.5) is 10.5 Å². The van der Waals surface area contributed by atoms with Crippen LogP contribution in [0.1, 0.15) is 53.0 Å². The van der Waals surface area contributed by atoms with Crippen LogP contribution in [0.2, 0.25) is 0 Å². The van der Waals surface area contributed by atoms with E-state index in [4.69, 9.17) is 9.47 Å². The van der Waals surface area contributed by atoms with Crippen LogP contribution < -0.4 is 10.6 Å². The number of nitro benzene ring substituents is 1. The summed E-state index contributed by atoms with van der Waals surface area (Å²) in [6, 6.07) is 3.82. The number of non-ortho nitro benzene ring substituents is 1. The van der Waals surface area contributed by atoms with Gasteiger partial charge in [-0.3, -0.25) is 14.9 Å². The average molecular weight is 482 g/mol. The molecule has 34 heavy (non-hydrogen) atoms. The third-order valence-electron chi connectivity index (χ3n) is 5.15. The van der Waals surface area contributed by atoms with Gasteiger partial charge in [-0.2, -0.15) is 0 Å². The number of amides is 2. The number of nitrogens with one attached hydrogen (secondary N) is 2. The molecule has 11 nitrogen and oxygen atoms in total. The molecule has 3 N–H and O–H groups in total. The van der Waals surface area contributed by atoms with Gasteiger partial charge in [-0.15, -0.1) is 0 Å². The van der Waals surface area contributed by atoms with Crippen molar-refractivity contribution in [3.05, 3.63) is 39.9 Å². The highest BCUT2D eigenvalue weighted by atomic mass is 16.6. The standard InChI is InChI=1S/C23H35N3O8/c1-7-14(2)20(21(29)33-6)25-19(28)13-18(27)17(24-22(30)34-23(3,4)5)12-15-8-10-16(11-9-15)26(31)32/h8-11,14,17-18,20,27H,7,12-13H2,1-6H3,(H,24,30)(H,25,28)/t14-,17+,18?,20+/m1/s1. The van der Waals surface area contributed by atoms with Crippen LogP contribution >= 0.6 is 0 Å². The van der Waals surface area contributed by atoms with Crippen molar-refractivity contribution in [2.75, 3.05) is 7.11 Å². The minimum absolute atomic E-state index is 0.0808. The number of carbonyl (C=O) groups is 3. The van der Waals surface area contributed by atoms with Gasteiger partial charge in [0.2, 0.25) is 5.91 Å². The van der Waals surface area contributed by atoms with Gasteiger partial charge in [0.05, 0.1) is 30.6 Å². The Morgan fingerprint density at radius 1 is 1.15 bits per heavy atom. The zero-order chi connectivity index (χ0) is 26.1. The van der Waals surface area contributed by atoms with Gasteiger partial charge < -0.3 is 25.2 Å². The summed E-state index contributed by atoms with van der Waals surface area (Å²) in [7, 11) is 1.23. The van der Waals surface area contributed by atoms with E-state index in [1.54, 1.807) is 27.7 Å². The van der Waals surface area contributed by atoms with E-state index in [1.807, 2.05) is 6.92 Å². The average Bonchev–Trinajstić information content (AvgIpc) is 2.74. The van der Waals surface area contributed by atoms with Gasteiger partial charge in [-0.1, -0.05) is 32.4 Å². The van der Waals surface area contributed by atoms with E-state index < -0.39 is 53.1 Å². The number of alkyl carbamates (subject to hydrolysis) is 1. The van der Waals surface area contributed by atoms with Crippen molar-refractivity contribution in [1.29, 1.82) is 0 Å². The number of benzene rings is 1. The third kappa shape index (κ3) is 9.74. The van der Waals surface area contributed by atoms with Crippen LogP contribution in [0.3, 0.4) is 0 Å². The minimum Gasteiger partial charge on any atom is -0.467 e. The number of rotatable bonds is 11. The van der Waals surface area contributed by atoms with Crippen LogP contribution in [0.5, 0.6) is 0 Å². The molecular weight excluding hydrogens is 446 g/mol. The highest BCUT2D eigenvalue weighted by Crippen LogP contribution is 2.16. The quantitative estimate of drug-likeness (QED) is 0.247. The molecule has 0 fully saturated rings. The summed E-state index contributed by atoms with van der Waals surface area (Å²) in [5, 5.41) is 26.8. The number of ether oxygens (including phenoxy) is 2. The summed E-state index contributed by atoms with van der Waals surface area (Å²) < 4.78 is 10.0. The maximum Gasteiger partial charge on any atom is 0.407 e. The molecule has 0 saturated carbocycles. The molecule has 1 aromatic rings. The fourth-order valence-electron chi connectivity index (χ4n) is 3.11. The summed E-state index contributed by atoms with van der Waals surface area (Å²) in [6.45, 7) is 8.71. The molecule has 2 amide bonds. The molecular formula is C23H35N3O8. The van der Waals surface area contributed by atoms with E-state index in [0.29, 0.717) is 12.0 Å². The molecule has 0 heterocycles. The number of methoxy groups -OCH3 is 1. The second-order valence-electron chi connectivity index (χ2n) is 9.11. The molecule has 11 heteroatoms. The van der Waals surface area contributed by atoms with E-state index in [1.165, 1.54) is 31.4 Å². The minimum atomic E-state index is -1.34. The normalized spacial score (nSPS) is 14.8.